The molecule has 1 aliphatic carbocycles. The predicted octanol–water partition coefficient (Wildman–Crippen LogP) is 4.17. The van der Waals surface area contributed by atoms with Crippen LogP contribution in [0, 0.1) is 16.7 Å². The molecule has 0 radical (unpaired) electrons. The van der Waals surface area contributed by atoms with E-state index in [1.54, 1.807) is 20.5 Å². The summed E-state index contributed by atoms with van der Waals surface area (Å²) >= 11 is 3.53. The topological polar surface area (TPSA) is 86.8 Å². The molecule has 5 rings (SSSR count). The van der Waals surface area contributed by atoms with Gasteiger partial charge in [0.1, 0.15) is 0 Å². The fraction of sp³-hybridized carbons (Fsp3) is 0.857. The lowest BCUT2D eigenvalue weighted by Crippen LogP contribution is -2.45. The number of rotatable bonds is 7. The predicted molar refractivity (Wildman–Crippen MR) is 149 cm³/mol. The summed E-state index contributed by atoms with van der Waals surface area (Å²) in [6.45, 7) is 12.2. The quantitative estimate of drug-likeness (QED) is 0.292. The van der Waals surface area contributed by atoms with E-state index in [2.05, 4.69) is 33.4 Å². The van der Waals surface area contributed by atoms with Crippen molar-refractivity contribution in [3.05, 3.63) is 12.2 Å². The maximum absolute atomic E-state index is 10.4. The number of hydrogen-bond acceptors (Lipinski definition) is 8. The first kappa shape index (κ1) is 34.1. The highest BCUT2D eigenvalue weighted by atomic mass is 32.1. The number of likely N-dealkylation sites (N-methyl/N-ethyl adjacent to an activating group) is 1. The summed E-state index contributed by atoms with van der Waals surface area (Å²) in [5, 5.41) is 0. The highest BCUT2D eigenvalue weighted by Gasteiger charge is 2.43. The van der Waals surface area contributed by atoms with Gasteiger partial charge in [0.25, 0.3) is 11.8 Å². The van der Waals surface area contributed by atoms with Crippen molar-refractivity contribution in [2.45, 2.75) is 71.5 Å². The van der Waals surface area contributed by atoms with Crippen molar-refractivity contribution >= 4 is 24.4 Å². The van der Waals surface area contributed by atoms with E-state index in [-0.39, 0.29) is 11.8 Å². The molecule has 9 heteroatoms. The number of nitrogens with zero attached hydrogens (tertiary/aromatic N) is 1. The van der Waals surface area contributed by atoms with Gasteiger partial charge in [0, 0.05) is 50.9 Å². The zero-order valence-electron chi connectivity index (χ0n) is 24.1. The van der Waals surface area contributed by atoms with Crippen molar-refractivity contribution in [2.75, 3.05) is 67.2 Å². The average molecular weight is 546 g/mol. The fourth-order valence-corrected chi connectivity index (χ4v) is 4.63. The Hall–Kier alpha value is -0.970. The van der Waals surface area contributed by atoms with Gasteiger partial charge in [-0.15, -0.1) is 0 Å². The number of amides is 2. The Kier molecular flexibility index (Phi) is 16.2. The van der Waals surface area contributed by atoms with E-state index in [1.807, 2.05) is 0 Å². The minimum Gasteiger partial charge on any atom is -0.384 e. The Morgan fingerprint density at radius 1 is 0.973 bits per heavy atom. The molecule has 0 bridgehead atoms. The molecule has 0 N–H and O–H groups in total. The largest absolute Gasteiger partial charge is 0.384 e. The zero-order chi connectivity index (χ0) is 27.9. The van der Waals surface area contributed by atoms with Gasteiger partial charge in [0.15, 0.2) is 0 Å². The molecule has 0 aromatic rings. The van der Waals surface area contributed by atoms with Crippen LogP contribution in [0.2, 0.25) is 0 Å². The Labute approximate surface area is 230 Å². The van der Waals surface area contributed by atoms with Gasteiger partial charge in [-0.2, -0.15) is 12.6 Å². The van der Waals surface area contributed by atoms with Gasteiger partial charge in [-0.3, -0.25) is 14.5 Å². The van der Waals surface area contributed by atoms with Crippen LogP contribution in [0.25, 0.3) is 0 Å². The molecule has 4 fully saturated rings. The van der Waals surface area contributed by atoms with E-state index >= 15 is 0 Å². The Morgan fingerprint density at radius 2 is 1.57 bits per heavy atom. The number of methoxy groups -OCH3 is 2. The first-order valence-corrected chi connectivity index (χ1v) is 14.3. The molecule has 5 aliphatic rings. The third kappa shape index (κ3) is 11.8. The third-order valence-electron chi connectivity index (χ3n) is 7.32. The number of hydrogen-bond donors (Lipinski definition) is 1. The van der Waals surface area contributed by atoms with E-state index in [0.29, 0.717) is 23.0 Å². The number of thiol groups is 1. The van der Waals surface area contributed by atoms with Crippen LogP contribution in [-0.2, 0) is 33.3 Å². The van der Waals surface area contributed by atoms with Crippen molar-refractivity contribution in [1.29, 1.82) is 0 Å². The van der Waals surface area contributed by atoms with Crippen LogP contribution in [0.5, 0.6) is 0 Å². The molecule has 1 saturated carbocycles. The Bertz CT molecular complexity index is 671. The lowest BCUT2D eigenvalue weighted by molar-refractivity contribution is -0.144. The molecular formula is C28H51NO7S. The summed E-state index contributed by atoms with van der Waals surface area (Å²) in [6, 6.07) is 0. The highest BCUT2D eigenvalue weighted by Crippen LogP contribution is 2.39. The second kappa shape index (κ2) is 17.6. The van der Waals surface area contributed by atoms with Crippen LogP contribution in [-0.4, -0.2) is 96.1 Å². The summed E-state index contributed by atoms with van der Waals surface area (Å²) in [5.74, 6) is 0.291. The van der Waals surface area contributed by atoms with E-state index in [4.69, 9.17) is 23.7 Å². The molecule has 3 atom stereocenters. The minimum atomic E-state index is -0.241. The highest BCUT2D eigenvalue weighted by molar-refractivity contribution is 7.79. The van der Waals surface area contributed by atoms with E-state index < -0.39 is 0 Å². The Balaban J connectivity index is 0.000000242. The molecule has 0 aromatic carbocycles. The van der Waals surface area contributed by atoms with Crippen molar-refractivity contribution in [2.24, 2.45) is 16.7 Å². The number of ether oxygens (including phenoxy) is 5. The molecule has 3 saturated heterocycles. The van der Waals surface area contributed by atoms with Gasteiger partial charge in [0.05, 0.1) is 45.2 Å². The van der Waals surface area contributed by atoms with Crippen LogP contribution in [0.15, 0.2) is 12.2 Å². The average Bonchev–Trinajstić information content (AvgIpc) is 3.59. The molecule has 3 unspecified atom stereocenters. The summed E-state index contributed by atoms with van der Waals surface area (Å²) < 4.78 is 25.7. The Morgan fingerprint density at radius 3 is 1.84 bits per heavy atom. The first-order valence-electron chi connectivity index (χ1n) is 13.4. The van der Waals surface area contributed by atoms with Gasteiger partial charge >= 0.3 is 0 Å². The smallest absolute Gasteiger partial charge is 0.253 e. The monoisotopic (exact) mass is 545 g/mol. The van der Waals surface area contributed by atoms with Gasteiger partial charge in [-0.05, 0) is 44.3 Å². The van der Waals surface area contributed by atoms with Crippen molar-refractivity contribution in [3.8, 4) is 0 Å². The maximum atomic E-state index is 10.4. The molecule has 37 heavy (non-hydrogen) atoms. The van der Waals surface area contributed by atoms with Gasteiger partial charge in [-0.25, -0.2) is 0 Å². The summed E-state index contributed by atoms with van der Waals surface area (Å²) in [4.78, 5) is 21.9. The molecule has 8 nitrogen and oxygen atoms in total. The maximum Gasteiger partial charge on any atom is 0.253 e. The summed E-state index contributed by atoms with van der Waals surface area (Å²) in [5.41, 5.74) is 0.920. The molecule has 216 valence electrons. The van der Waals surface area contributed by atoms with Crippen LogP contribution in [0.1, 0.15) is 59.3 Å². The summed E-state index contributed by atoms with van der Waals surface area (Å²) in [7, 11) is 4.97. The number of fused-ring (bicyclic) bond motifs is 1. The van der Waals surface area contributed by atoms with Crippen molar-refractivity contribution in [3.63, 3.8) is 0 Å². The van der Waals surface area contributed by atoms with Crippen LogP contribution in [0.3, 0.4) is 0 Å². The lowest BCUT2D eigenvalue weighted by atomic mass is 9.84. The fourth-order valence-electron chi connectivity index (χ4n) is 4.63. The van der Waals surface area contributed by atoms with Crippen LogP contribution >= 0.6 is 12.6 Å². The normalized spacial score (nSPS) is 27.2. The van der Waals surface area contributed by atoms with E-state index in [9.17, 15) is 9.59 Å². The molecule has 2 amide bonds. The number of imide groups is 1. The van der Waals surface area contributed by atoms with Crippen LogP contribution < -0.4 is 0 Å². The number of carbonyl (C=O) groups excluding carboxylic acids is 2. The van der Waals surface area contributed by atoms with E-state index in [1.165, 1.54) is 57.7 Å². The lowest BCUT2D eigenvalue weighted by Gasteiger charge is -2.39. The van der Waals surface area contributed by atoms with Crippen molar-refractivity contribution in [1.82, 2.24) is 4.90 Å². The van der Waals surface area contributed by atoms with Gasteiger partial charge in [-0.1, -0.05) is 27.2 Å². The standard InChI is InChI=1S/C8H14O2.C7H14O2.C7H14O.C5H5NO2.CH4S/c1-9-5-6-2-3-7-8(4-6)10-7;1-3-7(4-8-2)5-9-6-7;1-3-4-7(2)5-8-6-7;1-6-4(7)2-3-5(6)8;1-2/h6-8H,2-5H2,1H3;3-6H2,1-2H3;3-6H2,1-2H3;2-3H,1H3;2H,1H3. The molecule has 0 spiro atoms. The SMILES string of the molecule is CCC1(COC)COC1.CCCC1(C)COC1.CN1C(=O)C=CC1=O.COCC1CCC2OC2C1.CS. The molecule has 0 aromatic heterocycles. The second-order valence-corrected chi connectivity index (χ2v) is 10.7. The third-order valence-corrected chi connectivity index (χ3v) is 7.32. The van der Waals surface area contributed by atoms with E-state index in [0.717, 1.165) is 50.5 Å². The van der Waals surface area contributed by atoms with Crippen LogP contribution in [0.4, 0.5) is 0 Å². The molecule has 4 heterocycles. The number of epoxide rings is 1. The number of carbonyl (C=O) groups is 2. The zero-order valence-corrected chi connectivity index (χ0v) is 25.0. The first-order chi connectivity index (χ1) is 17.7. The molecular weight excluding hydrogens is 494 g/mol. The van der Waals surface area contributed by atoms with Gasteiger partial charge < -0.3 is 23.7 Å². The summed E-state index contributed by atoms with van der Waals surface area (Å²) in [6.07, 6.45) is 13.0. The minimum absolute atomic E-state index is 0.241. The van der Waals surface area contributed by atoms with Crippen molar-refractivity contribution < 1.29 is 33.3 Å². The van der Waals surface area contributed by atoms with Gasteiger partial charge in [0.2, 0.25) is 0 Å². The molecule has 4 aliphatic heterocycles. The second-order valence-electron chi connectivity index (χ2n) is 10.7.